The first-order valence-electron chi connectivity index (χ1n) is 6.05. The van der Waals surface area contributed by atoms with Crippen LogP contribution < -0.4 is 10.3 Å². The van der Waals surface area contributed by atoms with Gasteiger partial charge in [0.1, 0.15) is 12.4 Å². The maximum Gasteiger partial charge on any atom is 0.335 e. The van der Waals surface area contributed by atoms with E-state index in [2.05, 4.69) is 4.98 Å². The molecule has 20 heavy (non-hydrogen) atoms. The minimum Gasteiger partial charge on any atom is -0.492 e. The maximum absolute atomic E-state index is 11.6. The number of carbonyl (C=O) groups is 1. The highest BCUT2D eigenvalue weighted by Crippen LogP contribution is 2.13. The predicted octanol–water partition coefficient (Wildman–Crippen LogP) is 1.33. The molecule has 0 atom stereocenters. The summed E-state index contributed by atoms with van der Waals surface area (Å²) in [6.45, 7) is 2.36. The Morgan fingerprint density at radius 2 is 2.20 bits per heavy atom. The van der Waals surface area contributed by atoms with Gasteiger partial charge >= 0.3 is 5.97 Å². The minimum atomic E-state index is -1.01. The fraction of sp³-hybridized carbons (Fsp3) is 0.214. The molecule has 0 aliphatic carbocycles. The number of hydrogen-bond acceptors (Lipinski definition) is 4. The third kappa shape index (κ3) is 3.44. The fourth-order valence-corrected chi connectivity index (χ4v) is 1.67. The molecule has 0 unspecified atom stereocenters. The van der Waals surface area contributed by atoms with Gasteiger partial charge in [-0.2, -0.15) is 0 Å². The normalized spacial score (nSPS) is 10.2. The third-order valence-electron chi connectivity index (χ3n) is 2.70. The molecule has 0 saturated carbocycles. The lowest BCUT2D eigenvalue weighted by atomic mass is 10.2. The van der Waals surface area contributed by atoms with E-state index in [9.17, 15) is 9.59 Å². The Balaban J connectivity index is 1.97. The van der Waals surface area contributed by atoms with Crippen molar-refractivity contribution in [2.24, 2.45) is 0 Å². The van der Waals surface area contributed by atoms with E-state index in [1.165, 1.54) is 29.1 Å². The number of aromatic nitrogens is 2. The van der Waals surface area contributed by atoms with E-state index in [1.807, 2.05) is 0 Å². The number of ether oxygens (including phenoxy) is 1. The zero-order valence-electron chi connectivity index (χ0n) is 10.9. The van der Waals surface area contributed by atoms with E-state index in [-0.39, 0.29) is 17.7 Å². The van der Waals surface area contributed by atoms with Crippen molar-refractivity contribution in [1.29, 1.82) is 0 Å². The molecular weight excluding hydrogens is 260 g/mol. The van der Waals surface area contributed by atoms with Crippen LogP contribution >= 0.6 is 0 Å². The molecule has 0 aliphatic heterocycles. The Kier molecular flexibility index (Phi) is 4.14. The maximum atomic E-state index is 11.6. The van der Waals surface area contributed by atoms with Gasteiger partial charge in [-0.25, -0.2) is 9.78 Å². The zero-order valence-corrected chi connectivity index (χ0v) is 10.9. The lowest BCUT2D eigenvalue weighted by Crippen LogP contribution is -2.23. The molecule has 1 heterocycles. The average Bonchev–Trinajstić information content (AvgIpc) is 2.41. The topological polar surface area (TPSA) is 81.4 Å². The molecule has 0 amide bonds. The van der Waals surface area contributed by atoms with Crippen LogP contribution in [-0.2, 0) is 6.54 Å². The van der Waals surface area contributed by atoms with E-state index in [1.54, 1.807) is 19.1 Å². The first-order chi connectivity index (χ1) is 9.56. The van der Waals surface area contributed by atoms with Gasteiger partial charge in [0, 0.05) is 11.8 Å². The van der Waals surface area contributed by atoms with Crippen LogP contribution in [0.25, 0.3) is 0 Å². The monoisotopic (exact) mass is 274 g/mol. The van der Waals surface area contributed by atoms with Crippen molar-refractivity contribution in [3.63, 3.8) is 0 Å². The lowest BCUT2D eigenvalue weighted by Gasteiger charge is -2.08. The van der Waals surface area contributed by atoms with Gasteiger partial charge in [0.15, 0.2) is 0 Å². The number of carboxylic acids is 1. The molecule has 0 spiro atoms. The largest absolute Gasteiger partial charge is 0.492 e. The van der Waals surface area contributed by atoms with Gasteiger partial charge in [-0.3, -0.25) is 9.36 Å². The summed E-state index contributed by atoms with van der Waals surface area (Å²) in [6, 6.07) is 7.66. The minimum absolute atomic E-state index is 0.139. The number of rotatable bonds is 5. The zero-order chi connectivity index (χ0) is 14.5. The van der Waals surface area contributed by atoms with Crippen LogP contribution in [0.5, 0.6) is 5.75 Å². The van der Waals surface area contributed by atoms with E-state index in [4.69, 9.17) is 9.84 Å². The van der Waals surface area contributed by atoms with Crippen LogP contribution in [0.2, 0.25) is 0 Å². The SMILES string of the molecule is Cc1cc(=O)n(CCOc2cccc(C(=O)O)c2)cn1. The van der Waals surface area contributed by atoms with Crippen molar-refractivity contribution < 1.29 is 14.6 Å². The Bertz CT molecular complexity index is 679. The van der Waals surface area contributed by atoms with Crippen LogP contribution in [0.15, 0.2) is 41.5 Å². The van der Waals surface area contributed by atoms with Crippen molar-refractivity contribution in [2.75, 3.05) is 6.61 Å². The third-order valence-corrected chi connectivity index (χ3v) is 2.70. The van der Waals surface area contributed by atoms with E-state index in [0.717, 1.165) is 0 Å². The van der Waals surface area contributed by atoms with Gasteiger partial charge in [-0.15, -0.1) is 0 Å². The van der Waals surface area contributed by atoms with Crippen molar-refractivity contribution in [2.45, 2.75) is 13.5 Å². The molecular formula is C14H14N2O4. The summed E-state index contributed by atoms with van der Waals surface area (Å²) < 4.78 is 6.87. The van der Waals surface area contributed by atoms with Gasteiger partial charge in [0.05, 0.1) is 18.4 Å². The second-order valence-corrected chi connectivity index (χ2v) is 4.24. The quantitative estimate of drug-likeness (QED) is 0.889. The molecule has 1 aromatic heterocycles. The summed E-state index contributed by atoms with van der Waals surface area (Å²) in [6.07, 6.45) is 1.47. The van der Waals surface area contributed by atoms with Gasteiger partial charge < -0.3 is 9.84 Å². The summed E-state index contributed by atoms with van der Waals surface area (Å²) in [7, 11) is 0. The number of aryl methyl sites for hydroxylation is 1. The molecule has 1 aromatic carbocycles. The van der Waals surface area contributed by atoms with Crippen molar-refractivity contribution >= 4 is 5.97 Å². The van der Waals surface area contributed by atoms with Crippen LogP contribution in [-0.4, -0.2) is 27.2 Å². The molecule has 0 fully saturated rings. The van der Waals surface area contributed by atoms with Crippen LogP contribution in [0.1, 0.15) is 16.1 Å². The second kappa shape index (κ2) is 6.01. The number of benzene rings is 1. The molecule has 0 bridgehead atoms. The van der Waals surface area contributed by atoms with Crippen molar-refractivity contribution in [1.82, 2.24) is 9.55 Å². The lowest BCUT2D eigenvalue weighted by molar-refractivity contribution is 0.0696. The van der Waals surface area contributed by atoms with Gasteiger partial charge in [0.25, 0.3) is 5.56 Å². The Hall–Kier alpha value is -2.63. The van der Waals surface area contributed by atoms with E-state index >= 15 is 0 Å². The standard InChI is InChI=1S/C14H14N2O4/c1-10-7-13(17)16(9-15-10)5-6-20-12-4-2-3-11(8-12)14(18)19/h2-4,7-9H,5-6H2,1H3,(H,18,19). The first-order valence-corrected chi connectivity index (χ1v) is 6.05. The molecule has 2 aromatic rings. The molecule has 6 nitrogen and oxygen atoms in total. The smallest absolute Gasteiger partial charge is 0.335 e. The summed E-state index contributed by atoms with van der Waals surface area (Å²) in [5.41, 5.74) is 0.693. The Labute approximate surface area is 115 Å². The van der Waals surface area contributed by atoms with Crippen molar-refractivity contribution in [3.8, 4) is 5.75 Å². The van der Waals surface area contributed by atoms with Gasteiger partial charge in [0.2, 0.25) is 0 Å². The van der Waals surface area contributed by atoms with Crippen LogP contribution in [0, 0.1) is 6.92 Å². The van der Waals surface area contributed by atoms with E-state index in [0.29, 0.717) is 18.0 Å². The highest BCUT2D eigenvalue weighted by Gasteiger charge is 2.04. The summed E-state index contributed by atoms with van der Waals surface area (Å²) in [5.74, 6) is -0.549. The van der Waals surface area contributed by atoms with Gasteiger partial charge in [-0.1, -0.05) is 6.07 Å². The number of hydrogen-bond donors (Lipinski definition) is 1. The highest BCUT2D eigenvalue weighted by atomic mass is 16.5. The highest BCUT2D eigenvalue weighted by molar-refractivity contribution is 5.87. The second-order valence-electron chi connectivity index (χ2n) is 4.24. The average molecular weight is 274 g/mol. The molecule has 0 aliphatic rings. The molecule has 0 saturated heterocycles. The van der Waals surface area contributed by atoms with Crippen molar-refractivity contribution in [3.05, 3.63) is 58.3 Å². The molecule has 2 rings (SSSR count). The predicted molar refractivity (Wildman–Crippen MR) is 72.1 cm³/mol. The fourth-order valence-electron chi connectivity index (χ4n) is 1.67. The van der Waals surface area contributed by atoms with Crippen LogP contribution in [0.4, 0.5) is 0 Å². The van der Waals surface area contributed by atoms with E-state index < -0.39 is 5.97 Å². The molecule has 6 heteroatoms. The summed E-state index contributed by atoms with van der Waals surface area (Å²) in [5, 5.41) is 8.87. The number of aromatic carboxylic acids is 1. The number of nitrogens with zero attached hydrogens (tertiary/aromatic N) is 2. The van der Waals surface area contributed by atoms with Gasteiger partial charge in [-0.05, 0) is 25.1 Å². The first kappa shape index (κ1) is 13.8. The van der Waals surface area contributed by atoms with Crippen LogP contribution in [0.3, 0.4) is 0 Å². The Morgan fingerprint density at radius 3 is 2.90 bits per heavy atom. The summed E-state index contributed by atoms with van der Waals surface area (Å²) in [4.78, 5) is 26.5. The summed E-state index contributed by atoms with van der Waals surface area (Å²) >= 11 is 0. The molecule has 104 valence electrons. The number of carboxylic acid groups (broad SMARTS) is 1. The molecule has 0 radical (unpaired) electrons. The Morgan fingerprint density at radius 1 is 1.40 bits per heavy atom. The molecule has 1 N–H and O–H groups in total.